The molecule has 1 radical (unpaired) electrons. The van der Waals surface area contributed by atoms with Gasteiger partial charge in [-0.05, 0) is 13.0 Å². The van der Waals surface area contributed by atoms with Crippen LogP contribution in [0.4, 0.5) is 0 Å². The van der Waals surface area contributed by atoms with Crippen molar-refractivity contribution in [1.29, 1.82) is 0 Å². The number of thiophene rings is 1. The van der Waals surface area contributed by atoms with Gasteiger partial charge in [0.05, 0.1) is 11.3 Å². The summed E-state index contributed by atoms with van der Waals surface area (Å²) in [5, 5.41) is 0. The van der Waals surface area contributed by atoms with Gasteiger partial charge in [-0.3, -0.25) is 0 Å². The van der Waals surface area contributed by atoms with Crippen LogP contribution in [0.2, 0.25) is 6.82 Å². The lowest BCUT2D eigenvalue weighted by atomic mass is 9.84. The van der Waals surface area contributed by atoms with Gasteiger partial charge in [0, 0.05) is 4.91 Å². The second-order valence-electron chi connectivity index (χ2n) is 2.84. The summed E-state index contributed by atoms with van der Waals surface area (Å²) in [7, 11) is 1.96. The molecule has 2 aromatic rings. The summed E-state index contributed by atoms with van der Waals surface area (Å²) in [4.78, 5) is 18.3. The van der Waals surface area contributed by atoms with Gasteiger partial charge in [-0.1, -0.05) is 6.82 Å². The van der Waals surface area contributed by atoms with Gasteiger partial charge >= 0.3 is 5.97 Å². The monoisotopic (exact) mass is 238 g/mol. The second-order valence-corrected chi connectivity index (χ2v) is 4.93. The zero-order chi connectivity index (χ0) is 10.8. The molecule has 2 heterocycles. The molecule has 0 aliphatic rings. The summed E-state index contributed by atoms with van der Waals surface area (Å²) < 4.78 is 5.98. The Morgan fingerprint density at radius 1 is 1.60 bits per heavy atom. The summed E-state index contributed by atoms with van der Waals surface area (Å²) in [6.07, 6.45) is 0. The highest BCUT2D eigenvalue weighted by atomic mass is 32.1. The van der Waals surface area contributed by atoms with Crippen LogP contribution in [0.15, 0.2) is 6.07 Å². The molecule has 0 saturated carbocycles. The number of aromatic nitrogens is 1. The predicted molar refractivity (Wildman–Crippen MR) is 64.7 cm³/mol. The number of ether oxygens (including phenoxy) is 1. The van der Waals surface area contributed by atoms with E-state index in [-0.39, 0.29) is 5.97 Å². The molecule has 77 valence electrons. The van der Waals surface area contributed by atoms with E-state index in [1.54, 1.807) is 18.3 Å². The molecule has 0 amide bonds. The molecule has 6 heteroatoms. The van der Waals surface area contributed by atoms with Gasteiger partial charge in [0.15, 0.2) is 7.28 Å². The van der Waals surface area contributed by atoms with Crippen molar-refractivity contribution in [3.8, 4) is 0 Å². The van der Waals surface area contributed by atoms with Crippen LogP contribution in [-0.2, 0) is 4.74 Å². The average molecular weight is 238 g/mol. The number of carbonyl (C=O) groups excluding carboxylic acids is 1. The first-order chi connectivity index (χ1) is 7.24. The summed E-state index contributed by atoms with van der Waals surface area (Å²) in [6, 6.07) is 1.85. The summed E-state index contributed by atoms with van der Waals surface area (Å²) >= 11 is 2.98. The minimum absolute atomic E-state index is 0.255. The van der Waals surface area contributed by atoms with E-state index in [1.807, 2.05) is 20.2 Å². The van der Waals surface area contributed by atoms with Crippen molar-refractivity contribution in [2.75, 3.05) is 6.61 Å². The fraction of sp³-hybridized carbons (Fsp3) is 0.333. The zero-order valence-electron chi connectivity index (χ0n) is 8.44. The lowest BCUT2D eigenvalue weighted by Crippen LogP contribution is -2.07. The lowest BCUT2D eigenvalue weighted by molar-refractivity contribution is 0.0532. The number of rotatable bonds is 3. The van der Waals surface area contributed by atoms with E-state index in [1.165, 1.54) is 11.3 Å². The number of esters is 1. The Balaban J connectivity index is 2.32. The first-order valence-corrected chi connectivity index (χ1v) is 6.24. The number of hydrogen-bond acceptors (Lipinski definition) is 5. The standard InChI is InChI=1S/C9H9BNO2S2/c1-3-13-8(12)6-4-5-7(14-6)11-9(10-2)15-5/h4H,3H2,1-2H3. The smallest absolute Gasteiger partial charge is 0.348 e. The minimum Gasteiger partial charge on any atom is -0.462 e. The second kappa shape index (κ2) is 4.32. The molecule has 0 bridgehead atoms. The van der Waals surface area contributed by atoms with Crippen LogP contribution in [0.3, 0.4) is 0 Å². The molecule has 3 nitrogen and oxygen atoms in total. The third-order valence-corrected chi connectivity index (χ3v) is 4.03. The topological polar surface area (TPSA) is 39.2 Å². The van der Waals surface area contributed by atoms with Crippen molar-refractivity contribution in [3.05, 3.63) is 10.9 Å². The highest BCUT2D eigenvalue weighted by molar-refractivity contribution is 7.32. The van der Waals surface area contributed by atoms with Crippen molar-refractivity contribution in [1.82, 2.24) is 4.98 Å². The van der Waals surface area contributed by atoms with Gasteiger partial charge in [0.2, 0.25) is 0 Å². The highest BCUT2D eigenvalue weighted by Crippen LogP contribution is 2.27. The van der Waals surface area contributed by atoms with Crippen LogP contribution in [0.1, 0.15) is 16.6 Å². The molecule has 0 fully saturated rings. The lowest BCUT2D eigenvalue weighted by Gasteiger charge is -1.95. The molecule has 0 aliphatic heterocycles. The highest BCUT2D eigenvalue weighted by Gasteiger charge is 2.13. The van der Waals surface area contributed by atoms with E-state index in [0.29, 0.717) is 11.5 Å². The van der Waals surface area contributed by atoms with E-state index >= 15 is 0 Å². The van der Waals surface area contributed by atoms with Crippen molar-refractivity contribution in [2.24, 2.45) is 0 Å². The van der Waals surface area contributed by atoms with E-state index in [4.69, 9.17) is 4.74 Å². The maximum absolute atomic E-state index is 11.4. The van der Waals surface area contributed by atoms with Gasteiger partial charge in [-0.2, -0.15) is 0 Å². The summed E-state index contributed by atoms with van der Waals surface area (Å²) in [5.41, 5.74) is 0. The SMILES string of the molecule is C[B]c1nc2sc(C(=O)OCC)cc2s1. The van der Waals surface area contributed by atoms with Gasteiger partial charge < -0.3 is 4.74 Å². The molecule has 0 aromatic carbocycles. The maximum Gasteiger partial charge on any atom is 0.348 e. The number of nitrogens with zero attached hydrogens (tertiary/aromatic N) is 1. The van der Waals surface area contributed by atoms with Crippen molar-refractivity contribution in [3.63, 3.8) is 0 Å². The number of thiazole rings is 1. The van der Waals surface area contributed by atoms with Gasteiger partial charge in [0.25, 0.3) is 0 Å². The van der Waals surface area contributed by atoms with Gasteiger partial charge in [-0.25, -0.2) is 9.78 Å². The largest absolute Gasteiger partial charge is 0.462 e. The Morgan fingerprint density at radius 3 is 3.00 bits per heavy atom. The van der Waals surface area contributed by atoms with E-state index < -0.39 is 0 Å². The van der Waals surface area contributed by atoms with E-state index in [0.717, 1.165) is 14.4 Å². The minimum atomic E-state index is -0.255. The Bertz CT molecular complexity index is 460. The van der Waals surface area contributed by atoms with Crippen molar-refractivity contribution < 1.29 is 9.53 Å². The zero-order valence-corrected chi connectivity index (χ0v) is 10.1. The van der Waals surface area contributed by atoms with Crippen molar-refractivity contribution >= 4 is 50.4 Å². The predicted octanol–water partition coefficient (Wildman–Crippen LogP) is 1.91. The third kappa shape index (κ3) is 2.05. The molecule has 0 aliphatic carbocycles. The van der Waals surface area contributed by atoms with Crippen LogP contribution in [0.25, 0.3) is 9.53 Å². The molecule has 0 spiro atoms. The molecule has 0 unspecified atom stereocenters. The van der Waals surface area contributed by atoms with Crippen LogP contribution < -0.4 is 4.91 Å². The van der Waals surface area contributed by atoms with E-state index in [9.17, 15) is 4.79 Å². The maximum atomic E-state index is 11.4. The summed E-state index contributed by atoms with van der Waals surface area (Å²) in [5.74, 6) is -0.255. The molecular formula is C9H9BNO2S2. The quantitative estimate of drug-likeness (QED) is 0.605. The molecule has 0 saturated heterocycles. The Kier molecular flexibility index (Phi) is 3.07. The first kappa shape index (κ1) is 10.6. The number of hydrogen-bond donors (Lipinski definition) is 0. The summed E-state index contributed by atoms with van der Waals surface area (Å²) in [6.45, 7) is 4.16. The van der Waals surface area contributed by atoms with Crippen molar-refractivity contribution in [2.45, 2.75) is 13.7 Å². The van der Waals surface area contributed by atoms with Crippen LogP contribution in [0, 0.1) is 0 Å². The molecule has 15 heavy (non-hydrogen) atoms. The normalized spacial score (nSPS) is 10.5. The van der Waals surface area contributed by atoms with Gasteiger partial charge in [0.1, 0.15) is 9.71 Å². The number of fused-ring (bicyclic) bond motifs is 1. The average Bonchev–Trinajstić information content (AvgIpc) is 2.74. The Morgan fingerprint density at radius 2 is 2.40 bits per heavy atom. The Labute approximate surface area is 96.3 Å². The first-order valence-electron chi connectivity index (χ1n) is 4.61. The molecule has 0 atom stereocenters. The fourth-order valence-corrected chi connectivity index (χ4v) is 3.18. The van der Waals surface area contributed by atoms with Gasteiger partial charge in [-0.15, -0.1) is 22.7 Å². The molecule has 0 N–H and O–H groups in total. The fourth-order valence-electron chi connectivity index (χ4n) is 1.18. The molecule has 2 aromatic heterocycles. The van der Waals surface area contributed by atoms with Crippen LogP contribution in [-0.4, -0.2) is 24.8 Å². The van der Waals surface area contributed by atoms with Crippen LogP contribution in [0.5, 0.6) is 0 Å². The molecule has 2 rings (SSSR count). The van der Waals surface area contributed by atoms with Crippen LogP contribution >= 0.6 is 22.7 Å². The third-order valence-electron chi connectivity index (χ3n) is 1.83. The number of carbonyl (C=O) groups is 1. The Hall–Kier alpha value is -0.875. The molecular weight excluding hydrogens is 229 g/mol. The van der Waals surface area contributed by atoms with E-state index in [2.05, 4.69) is 4.98 Å².